The highest BCUT2D eigenvalue weighted by Gasteiger charge is 2.10. The Labute approximate surface area is 189 Å². The number of nitrogens with one attached hydrogen (secondary N) is 1. The van der Waals surface area contributed by atoms with Crippen LogP contribution in [-0.4, -0.2) is 35.6 Å². The largest absolute Gasteiger partial charge is 0.438 e. The van der Waals surface area contributed by atoms with Gasteiger partial charge in [-0.3, -0.25) is 14.3 Å². The fourth-order valence-corrected chi connectivity index (χ4v) is 3.21. The van der Waals surface area contributed by atoms with Crippen LogP contribution in [0.5, 0.6) is 11.6 Å². The van der Waals surface area contributed by atoms with E-state index in [1.54, 1.807) is 36.7 Å². The highest BCUT2D eigenvalue weighted by molar-refractivity contribution is 6.03. The van der Waals surface area contributed by atoms with Crippen LogP contribution in [0.15, 0.2) is 73.2 Å². The second kappa shape index (κ2) is 8.46. The zero-order valence-corrected chi connectivity index (χ0v) is 17.9. The second-order valence-electron chi connectivity index (χ2n) is 7.34. The first-order chi connectivity index (χ1) is 16.1. The fourth-order valence-electron chi connectivity index (χ4n) is 3.21. The lowest BCUT2D eigenvalue weighted by molar-refractivity contribution is 0.102. The Morgan fingerprint density at radius 2 is 1.70 bits per heavy atom. The summed E-state index contributed by atoms with van der Waals surface area (Å²) in [4.78, 5) is 25.4. The summed E-state index contributed by atoms with van der Waals surface area (Å²) in [7, 11) is 0. The van der Waals surface area contributed by atoms with E-state index in [-0.39, 0.29) is 11.6 Å². The van der Waals surface area contributed by atoms with Crippen LogP contribution in [0.3, 0.4) is 0 Å². The van der Waals surface area contributed by atoms with Crippen LogP contribution in [-0.2, 0) is 0 Å². The molecule has 0 aliphatic rings. The maximum absolute atomic E-state index is 12.5. The number of rotatable bonds is 5. The average Bonchev–Trinajstić information content (AvgIpc) is 3.18. The number of para-hydroxylation sites is 2. The summed E-state index contributed by atoms with van der Waals surface area (Å²) < 4.78 is 7.63. The van der Waals surface area contributed by atoms with Gasteiger partial charge in [0.15, 0.2) is 5.82 Å². The van der Waals surface area contributed by atoms with E-state index in [0.717, 1.165) is 16.9 Å². The smallest absolute Gasteiger partial charge is 0.275 e. The Morgan fingerprint density at radius 1 is 0.909 bits per heavy atom. The predicted octanol–water partition coefficient (Wildman–Crippen LogP) is 4.27. The van der Waals surface area contributed by atoms with Crippen LogP contribution in [0.1, 0.15) is 21.9 Å². The van der Waals surface area contributed by atoms with Gasteiger partial charge >= 0.3 is 0 Å². The van der Waals surface area contributed by atoms with Gasteiger partial charge in [-0.2, -0.15) is 0 Å². The number of ether oxygens (including phenoxy) is 1. The van der Waals surface area contributed by atoms with Gasteiger partial charge in [-0.1, -0.05) is 12.1 Å². The van der Waals surface area contributed by atoms with Gasteiger partial charge < -0.3 is 10.1 Å². The molecule has 3 heterocycles. The van der Waals surface area contributed by atoms with Gasteiger partial charge in [0.05, 0.1) is 22.9 Å². The molecule has 0 bridgehead atoms. The van der Waals surface area contributed by atoms with Crippen molar-refractivity contribution in [2.75, 3.05) is 5.32 Å². The molecule has 0 aliphatic heterocycles. The number of imidazole rings is 1. The molecule has 1 amide bonds. The van der Waals surface area contributed by atoms with Crippen molar-refractivity contribution in [3.8, 4) is 17.4 Å². The zero-order valence-electron chi connectivity index (χ0n) is 17.9. The summed E-state index contributed by atoms with van der Waals surface area (Å²) in [5.74, 6) is 1.25. The maximum Gasteiger partial charge on any atom is 0.275 e. The average molecular weight is 437 g/mol. The summed E-state index contributed by atoms with van der Waals surface area (Å²) in [6.07, 6.45) is 3.18. The van der Waals surface area contributed by atoms with E-state index in [4.69, 9.17) is 4.74 Å². The van der Waals surface area contributed by atoms with Crippen molar-refractivity contribution in [1.29, 1.82) is 0 Å². The van der Waals surface area contributed by atoms with Gasteiger partial charge in [0.2, 0.25) is 5.88 Å². The molecule has 0 radical (unpaired) electrons. The van der Waals surface area contributed by atoms with Crippen LogP contribution in [0, 0.1) is 13.8 Å². The van der Waals surface area contributed by atoms with Crippen molar-refractivity contribution in [3.05, 3.63) is 90.3 Å². The molecule has 9 heteroatoms. The van der Waals surface area contributed by atoms with E-state index in [2.05, 4.69) is 30.5 Å². The van der Waals surface area contributed by atoms with Gasteiger partial charge in [-0.25, -0.2) is 9.97 Å². The maximum atomic E-state index is 12.5. The van der Waals surface area contributed by atoms with E-state index < -0.39 is 0 Å². The number of benzene rings is 2. The number of anilines is 1. The van der Waals surface area contributed by atoms with Crippen molar-refractivity contribution < 1.29 is 9.53 Å². The van der Waals surface area contributed by atoms with Gasteiger partial charge in [0, 0.05) is 17.4 Å². The van der Waals surface area contributed by atoms with Gasteiger partial charge in [0.1, 0.15) is 17.8 Å². The van der Waals surface area contributed by atoms with E-state index in [1.165, 1.54) is 6.20 Å². The molecule has 0 spiro atoms. The van der Waals surface area contributed by atoms with E-state index in [9.17, 15) is 4.79 Å². The quantitative estimate of drug-likeness (QED) is 0.437. The topological polar surface area (TPSA) is 108 Å². The van der Waals surface area contributed by atoms with Crippen molar-refractivity contribution in [2.45, 2.75) is 13.8 Å². The molecule has 1 N–H and O–H groups in total. The molecule has 2 aromatic carbocycles. The zero-order chi connectivity index (χ0) is 22.8. The first-order valence-corrected chi connectivity index (χ1v) is 10.2. The third-order valence-electron chi connectivity index (χ3n) is 5.14. The number of hydrogen-bond acceptors (Lipinski definition) is 7. The van der Waals surface area contributed by atoms with Gasteiger partial charge in [0.25, 0.3) is 5.91 Å². The first-order valence-electron chi connectivity index (χ1n) is 10.2. The Kier molecular flexibility index (Phi) is 5.19. The number of carbonyl (C=O) groups excluding carboxylic acids is 1. The molecule has 0 unspecified atom stereocenters. The van der Waals surface area contributed by atoms with Crippen molar-refractivity contribution in [3.63, 3.8) is 0 Å². The minimum atomic E-state index is -0.339. The Balaban J connectivity index is 1.24. The molecule has 0 atom stereocenters. The second-order valence-corrected chi connectivity index (χ2v) is 7.34. The normalized spacial score (nSPS) is 10.8. The van der Waals surface area contributed by atoms with E-state index >= 15 is 0 Å². The van der Waals surface area contributed by atoms with Crippen molar-refractivity contribution in [2.24, 2.45) is 0 Å². The minimum absolute atomic E-state index is 0.243. The third kappa shape index (κ3) is 4.24. The number of carbonyl (C=O) groups is 1. The molecule has 5 aromatic rings. The number of aryl methyl sites for hydroxylation is 1. The molecular formula is C24H19N7O2. The molecule has 0 saturated carbocycles. The number of aromatic nitrogens is 6. The number of hydrogen-bond donors (Lipinski definition) is 1. The van der Waals surface area contributed by atoms with Crippen LogP contribution in [0.4, 0.5) is 5.69 Å². The molecule has 5 rings (SSSR count). The molecule has 162 valence electrons. The molecule has 33 heavy (non-hydrogen) atoms. The van der Waals surface area contributed by atoms with Gasteiger partial charge in [-0.05, 0) is 56.3 Å². The molecule has 9 nitrogen and oxygen atoms in total. The molecule has 3 aromatic heterocycles. The van der Waals surface area contributed by atoms with Crippen molar-refractivity contribution >= 4 is 22.6 Å². The van der Waals surface area contributed by atoms with Crippen LogP contribution >= 0.6 is 0 Å². The lowest BCUT2D eigenvalue weighted by Crippen LogP contribution is -2.14. The number of nitrogens with zero attached hydrogens (tertiary/aromatic N) is 6. The molecule has 0 fully saturated rings. The SMILES string of the molecule is Cc1ncn(-c2ccc(Oc3ccc(NC(=O)c4cnc5ccccc5n4)cc3)nn2)c1C. The highest BCUT2D eigenvalue weighted by Crippen LogP contribution is 2.22. The number of amides is 1. The van der Waals surface area contributed by atoms with Crippen molar-refractivity contribution in [1.82, 2.24) is 29.7 Å². The summed E-state index contributed by atoms with van der Waals surface area (Å²) in [5, 5.41) is 11.2. The van der Waals surface area contributed by atoms with Crippen LogP contribution < -0.4 is 10.1 Å². The van der Waals surface area contributed by atoms with E-state index in [0.29, 0.717) is 28.7 Å². The first kappa shape index (κ1) is 20.3. The summed E-state index contributed by atoms with van der Waals surface area (Å²) in [6.45, 7) is 3.92. The summed E-state index contributed by atoms with van der Waals surface area (Å²) >= 11 is 0. The lowest BCUT2D eigenvalue weighted by Gasteiger charge is -2.08. The highest BCUT2D eigenvalue weighted by atomic mass is 16.5. The minimum Gasteiger partial charge on any atom is -0.438 e. The Morgan fingerprint density at radius 3 is 2.39 bits per heavy atom. The molecular weight excluding hydrogens is 418 g/mol. The monoisotopic (exact) mass is 437 g/mol. The van der Waals surface area contributed by atoms with Crippen LogP contribution in [0.2, 0.25) is 0 Å². The predicted molar refractivity (Wildman–Crippen MR) is 123 cm³/mol. The van der Waals surface area contributed by atoms with Crippen LogP contribution in [0.25, 0.3) is 16.9 Å². The summed E-state index contributed by atoms with van der Waals surface area (Å²) in [5.41, 5.74) is 4.20. The standard InChI is InChI=1S/C24H19N7O2/c1-15-16(2)31(14-26-15)22-11-12-23(30-29-22)33-18-9-7-17(8-10-18)27-24(32)21-13-25-19-5-3-4-6-20(19)28-21/h3-14H,1-2H3,(H,27,32). The molecule has 0 aliphatic carbocycles. The van der Waals surface area contributed by atoms with Gasteiger partial charge in [-0.15, -0.1) is 10.2 Å². The lowest BCUT2D eigenvalue weighted by atomic mass is 10.2. The summed E-state index contributed by atoms with van der Waals surface area (Å²) in [6, 6.07) is 17.9. The third-order valence-corrected chi connectivity index (χ3v) is 5.14. The Hall–Kier alpha value is -4.66. The Bertz CT molecular complexity index is 1440. The number of fused-ring (bicyclic) bond motifs is 1. The fraction of sp³-hybridized carbons (Fsp3) is 0.0833. The van der Waals surface area contributed by atoms with E-state index in [1.807, 2.05) is 48.7 Å². The molecule has 0 saturated heterocycles.